The smallest absolute Gasteiger partial charge is 0.297 e. The van der Waals surface area contributed by atoms with Gasteiger partial charge in [-0.25, -0.2) is 4.73 Å². The molecule has 2 rings (SSSR count). The van der Waals surface area contributed by atoms with Crippen LogP contribution in [0.15, 0.2) is 22.7 Å². The molecule has 5 heteroatoms. The van der Waals surface area contributed by atoms with Gasteiger partial charge in [0.15, 0.2) is 5.52 Å². The Bertz CT molecular complexity index is 478. The van der Waals surface area contributed by atoms with Gasteiger partial charge in [-0.1, -0.05) is 15.9 Å². The fourth-order valence-corrected chi connectivity index (χ4v) is 1.62. The summed E-state index contributed by atoms with van der Waals surface area (Å²) >= 11 is 3.26. The van der Waals surface area contributed by atoms with Crippen molar-refractivity contribution in [1.29, 1.82) is 0 Å². The summed E-state index contributed by atoms with van der Waals surface area (Å²) in [6.45, 7) is 1.56. The average molecular weight is 243 g/mol. The van der Waals surface area contributed by atoms with E-state index in [4.69, 9.17) is 0 Å². The Morgan fingerprint density at radius 1 is 1.54 bits per heavy atom. The third-order valence-electron chi connectivity index (χ3n) is 1.98. The monoisotopic (exact) mass is 242 g/mol. The van der Waals surface area contributed by atoms with Gasteiger partial charge in [0, 0.05) is 17.5 Å². The molecule has 0 amide bonds. The predicted molar refractivity (Wildman–Crippen MR) is 50.5 cm³/mol. The Morgan fingerprint density at radius 2 is 2.23 bits per heavy atom. The van der Waals surface area contributed by atoms with E-state index in [9.17, 15) is 10.4 Å². The van der Waals surface area contributed by atoms with Gasteiger partial charge in [-0.3, -0.25) is 0 Å². The Morgan fingerprint density at radius 3 is 2.92 bits per heavy atom. The summed E-state index contributed by atoms with van der Waals surface area (Å²) in [6.07, 6.45) is 0. The summed E-state index contributed by atoms with van der Waals surface area (Å²) < 4.78 is 2.39. The van der Waals surface area contributed by atoms with E-state index >= 15 is 0 Å². The van der Waals surface area contributed by atoms with E-state index in [-0.39, 0.29) is 5.82 Å². The molecule has 1 aromatic carbocycles. The molecule has 0 atom stereocenters. The molecule has 2 aromatic rings. The molecular formula is C8H7BrN2O2. The van der Waals surface area contributed by atoms with Crippen molar-refractivity contribution in [2.24, 2.45) is 0 Å². The number of hydrogen-bond donors (Lipinski definition) is 1. The molecule has 0 aliphatic heterocycles. The summed E-state index contributed by atoms with van der Waals surface area (Å²) in [5.74, 6) is 0.258. The normalized spacial score (nSPS) is 10.9. The largest absolute Gasteiger partial charge is 0.710 e. The van der Waals surface area contributed by atoms with Crippen LogP contribution in [0.2, 0.25) is 0 Å². The maximum atomic E-state index is 11.4. The van der Waals surface area contributed by atoms with E-state index in [1.165, 1.54) is 0 Å². The van der Waals surface area contributed by atoms with E-state index in [0.29, 0.717) is 15.8 Å². The van der Waals surface area contributed by atoms with Gasteiger partial charge in [-0.2, -0.15) is 0 Å². The average Bonchev–Trinajstić information content (AvgIpc) is 2.32. The first-order valence-electron chi connectivity index (χ1n) is 3.70. The van der Waals surface area contributed by atoms with E-state index < -0.39 is 0 Å². The minimum absolute atomic E-state index is 0.258. The highest BCUT2D eigenvalue weighted by Gasteiger charge is 2.16. The molecule has 68 valence electrons. The fraction of sp³-hybridized carbons (Fsp3) is 0.125. The van der Waals surface area contributed by atoms with Crippen LogP contribution in [0.5, 0.6) is 0 Å². The second-order valence-electron chi connectivity index (χ2n) is 2.79. The van der Waals surface area contributed by atoms with Crippen LogP contribution in [0.1, 0.15) is 5.82 Å². The molecule has 0 radical (unpaired) electrons. The van der Waals surface area contributed by atoms with Crippen LogP contribution in [0.3, 0.4) is 0 Å². The molecular weight excluding hydrogens is 236 g/mol. The predicted octanol–water partition coefficient (Wildman–Crippen LogP) is 1.58. The zero-order chi connectivity index (χ0) is 9.59. The number of halogens is 1. The third kappa shape index (κ3) is 1.07. The van der Waals surface area contributed by atoms with E-state index in [1.54, 1.807) is 25.1 Å². The first-order chi connectivity index (χ1) is 6.11. The number of hydrogen-bond acceptors (Lipinski definition) is 2. The van der Waals surface area contributed by atoms with Gasteiger partial charge in [0.2, 0.25) is 5.52 Å². The highest BCUT2D eigenvalue weighted by Crippen LogP contribution is 2.17. The maximum absolute atomic E-state index is 11.4. The molecule has 4 nitrogen and oxygen atoms in total. The molecule has 13 heavy (non-hydrogen) atoms. The summed E-state index contributed by atoms with van der Waals surface area (Å²) in [4.78, 5) is 0. The highest BCUT2D eigenvalue weighted by atomic mass is 79.9. The Labute approximate surface area is 82.7 Å². The van der Waals surface area contributed by atoms with Crippen molar-refractivity contribution in [3.63, 3.8) is 0 Å². The lowest BCUT2D eigenvalue weighted by atomic mass is 10.3. The van der Waals surface area contributed by atoms with Gasteiger partial charge in [0.1, 0.15) is 0 Å². The molecule has 0 fully saturated rings. The molecule has 1 heterocycles. The van der Waals surface area contributed by atoms with Crippen molar-refractivity contribution < 1.29 is 9.94 Å². The van der Waals surface area contributed by atoms with Crippen LogP contribution >= 0.6 is 15.9 Å². The Balaban J connectivity index is 2.95. The van der Waals surface area contributed by atoms with Crippen molar-refractivity contribution in [2.45, 2.75) is 6.92 Å². The van der Waals surface area contributed by atoms with Crippen molar-refractivity contribution in [3.8, 4) is 0 Å². The maximum Gasteiger partial charge on any atom is 0.297 e. The second-order valence-corrected chi connectivity index (χ2v) is 3.70. The fourth-order valence-electron chi connectivity index (χ4n) is 1.27. The molecule has 0 saturated carbocycles. The number of fused-ring (bicyclic) bond motifs is 1. The van der Waals surface area contributed by atoms with Crippen LogP contribution in [0.4, 0.5) is 0 Å². The number of nitrogens with zero attached hydrogens (tertiary/aromatic N) is 2. The topological polar surface area (TPSA) is 52.1 Å². The quantitative estimate of drug-likeness (QED) is 0.434. The number of aromatic nitrogens is 2. The van der Waals surface area contributed by atoms with E-state index in [1.807, 2.05) is 0 Å². The molecule has 0 saturated heterocycles. The highest BCUT2D eigenvalue weighted by molar-refractivity contribution is 9.10. The minimum atomic E-state index is 0.258. The lowest BCUT2D eigenvalue weighted by molar-refractivity contribution is -0.587. The Kier molecular flexibility index (Phi) is 1.69. The number of rotatable bonds is 0. The SMILES string of the molecule is Cc1n(O)c2ccc(Br)cc2[n+]1[O-]. The van der Waals surface area contributed by atoms with Crippen LogP contribution in [-0.4, -0.2) is 9.94 Å². The van der Waals surface area contributed by atoms with Crippen LogP contribution < -0.4 is 4.73 Å². The van der Waals surface area contributed by atoms with Crippen LogP contribution in [0.25, 0.3) is 11.0 Å². The zero-order valence-electron chi connectivity index (χ0n) is 6.86. The van der Waals surface area contributed by atoms with Crippen molar-refractivity contribution >= 4 is 27.0 Å². The van der Waals surface area contributed by atoms with Crippen molar-refractivity contribution in [3.05, 3.63) is 33.7 Å². The van der Waals surface area contributed by atoms with Gasteiger partial charge in [-0.15, -0.1) is 0 Å². The minimum Gasteiger partial charge on any atom is -0.710 e. The lowest BCUT2D eigenvalue weighted by Gasteiger charge is -1.97. The number of benzene rings is 1. The van der Waals surface area contributed by atoms with Crippen LogP contribution in [-0.2, 0) is 0 Å². The van der Waals surface area contributed by atoms with Crippen molar-refractivity contribution in [1.82, 2.24) is 4.73 Å². The molecule has 1 aromatic heterocycles. The molecule has 0 spiro atoms. The molecule has 0 bridgehead atoms. The Hall–Kier alpha value is -1.23. The molecule has 0 unspecified atom stereocenters. The second kappa shape index (κ2) is 2.63. The van der Waals surface area contributed by atoms with Gasteiger partial charge < -0.3 is 10.4 Å². The van der Waals surface area contributed by atoms with Gasteiger partial charge >= 0.3 is 0 Å². The van der Waals surface area contributed by atoms with Crippen LogP contribution in [0, 0.1) is 12.1 Å². The summed E-state index contributed by atoms with van der Waals surface area (Å²) in [6, 6.07) is 5.12. The van der Waals surface area contributed by atoms with Gasteiger partial charge in [-0.05, 0) is 16.9 Å². The summed E-state index contributed by atoms with van der Waals surface area (Å²) in [5.41, 5.74) is 0.963. The third-order valence-corrected chi connectivity index (χ3v) is 2.48. The molecule has 0 aliphatic rings. The standard InChI is InChI=1S/C8H7BrN2O2/c1-5-10(12)7-3-2-6(9)4-8(7)11(5)13/h2-4,12H,1H3. The van der Waals surface area contributed by atoms with Crippen molar-refractivity contribution in [2.75, 3.05) is 0 Å². The molecule has 0 aliphatic carbocycles. The first kappa shape index (κ1) is 8.37. The molecule has 1 N–H and O–H groups in total. The first-order valence-corrected chi connectivity index (χ1v) is 4.50. The summed E-state index contributed by atoms with van der Waals surface area (Å²) in [7, 11) is 0. The summed E-state index contributed by atoms with van der Waals surface area (Å²) in [5, 5.41) is 20.9. The number of imidazole rings is 1. The van der Waals surface area contributed by atoms with Gasteiger partial charge in [0.05, 0.1) is 0 Å². The van der Waals surface area contributed by atoms with Gasteiger partial charge in [0.25, 0.3) is 5.82 Å². The van der Waals surface area contributed by atoms with E-state index in [0.717, 1.165) is 9.20 Å². The zero-order valence-corrected chi connectivity index (χ0v) is 8.45. The lowest BCUT2D eigenvalue weighted by Crippen LogP contribution is -2.28. The van der Waals surface area contributed by atoms with E-state index in [2.05, 4.69) is 15.9 Å².